The number of carbonyl (C=O) groups excluding carboxylic acids is 2. The summed E-state index contributed by atoms with van der Waals surface area (Å²) in [5.41, 5.74) is 2.06. The fraction of sp³-hybridized carbons (Fsp3) is 0.429. The monoisotopic (exact) mass is 448 g/mol. The minimum atomic E-state index is -0.234. The SMILES string of the molecule is O=C(/C=C/c1ccccc1)N1CCC(C(=O)N(CCc2ccc(F)cc2)C2CCCC2)CC1. The maximum atomic E-state index is 13.5. The minimum absolute atomic E-state index is 0.00807. The molecule has 5 heteroatoms. The van der Waals surface area contributed by atoms with Crippen LogP contribution >= 0.6 is 0 Å². The van der Waals surface area contributed by atoms with Crippen LogP contribution in [0.1, 0.15) is 49.7 Å². The van der Waals surface area contributed by atoms with Gasteiger partial charge in [0.05, 0.1) is 0 Å². The highest BCUT2D eigenvalue weighted by Crippen LogP contribution is 2.28. The van der Waals surface area contributed by atoms with Crippen molar-refractivity contribution >= 4 is 17.9 Å². The lowest BCUT2D eigenvalue weighted by Gasteiger charge is -2.36. The molecular weight excluding hydrogens is 415 g/mol. The van der Waals surface area contributed by atoms with Crippen molar-refractivity contribution in [1.29, 1.82) is 0 Å². The molecule has 2 aliphatic rings. The highest BCUT2D eigenvalue weighted by atomic mass is 19.1. The van der Waals surface area contributed by atoms with E-state index < -0.39 is 0 Å². The van der Waals surface area contributed by atoms with Crippen LogP contribution < -0.4 is 0 Å². The first-order valence-corrected chi connectivity index (χ1v) is 12.2. The van der Waals surface area contributed by atoms with Crippen molar-refractivity contribution in [2.24, 2.45) is 5.92 Å². The number of benzene rings is 2. The van der Waals surface area contributed by atoms with Crippen molar-refractivity contribution in [3.05, 3.63) is 77.6 Å². The molecule has 1 saturated carbocycles. The van der Waals surface area contributed by atoms with Crippen LogP contribution in [0.4, 0.5) is 4.39 Å². The van der Waals surface area contributed by atoms with E-state index in [9.17, 15) is 14.0 Å². The number of likely N-dealkylation sites (tertiary alicyclic amines) is 1. The van der Waals surface area contributed by atoms with E-state index in [0.717, 1.165) is 30.4 Å². The molecule has 0 radical (unpaired) electrons. The van der Waals surface area contributed by atoms with Crippen molar-refractivity contribution in [3.8, 4) is 0 Å². The predicted octanol–water partition coefficient (Wildman–Crippen LogP) is 5.09. The summed E-state index contributed by atoms with van der Waals surface area (Å²) in [6, 6.07) is 16.7. The number of hydrogen-bond donors (Lipinski definition) is 0. The van der Waals surface area contributed by atoms with Gasteiger partial charge in [-0.05, 0) is 61.4 Å². The van der Waals surface area contributed by atoms with Gasteiger partial charge in [0, 0.05) is 37.7 Å². The zero-order chi connectivity index (χ0) is 23.0. The number of nitrogens with zero attached hydrogens (tertiary/aromatic N) is 2. The van der Waals surface area contributed by atoms with Gasteiger partial charge in [-0.25, -0.2) is 4.39 Å². The molecule has 2 aromatic carbocycles. The lowest BCUT2D eigenvalue weighted by atomic mass is 9.94. The van der Waals surface area contributed by atoms with Crippen molar-refractivity contribution in [3.63, 3.8) is 0 Å². The van der Waals surface area contributed by atoms with E-state index in [1.54, 1.807) is 18.2 Å². The smallest absolute Gasteiger partial charge is 0.246 e. The van der Waals surface area contributed by atoms with Crippen LogP contribution in [0.5, 0.6) is 0 Å². The summed E-state index contributed by atoms with van der Waals surface area (Å²) >= 11 is 0. The van der Waals surface area contributed by atoms with Crippen LogP contribution in [-0.2, 0) is 16.0 Å². The first-order valence-electron chi connectivity index (χ1n) is 12.2. The standard InChI is InChI=1S/C28H33FN2O2/c29-25-13-10-23(11-14-25)16-21-31(26-8-4-5-9-26)28(33)24-17-19-30(20-18-24)27(32)15-12-22-6-2-1-3-7-22/h1-3,6-7,10-15,24,26H,4-5,8-9,16-21H2/b15-12+. The van der Waals surface area contributed by atoms with E-state index in [-0.39, 0.29) is 23.5 Å². The third-order valence-electron chi connectivity index (χ3n) is 6.98. The molecule has 0 bridgehead atoms. The van der Waals surface area contributed by atoms with Crippen LogP contribution in [-0.4, -0.2) is 47.3 Å². The van der Waals surface area contributed by atoms with E-state index in [4.69, 9.17) is 0 Å². The molecule has 1 aliphatic heterocycles. The van der Waals surface area contributed by atoms with Gasteiger partial charge in [0.1, 0.15) is 5.82 Å². The average Bonchev–Trinajstić information content (AvgIpc) is 3.39. The second-order valence-electron chi connectivity index (χ2n) is 9.19. The molecule has 1 heterocycles. The normalized spacial score (nSPS) is 17.5. The van der Waals surface area contributed by atoms with Crippen LogP contribution in [0.3, 0.4) is 0 Å². The van der Waals surface area contributed by atoms with E-state index in [1.807, 2.05) is 41.3 Å². The van der Waals surface area contributed by atoms with Gasteiger partial charge in [-0.2, -0.15) is 0 Å². The Bertz CT molecular complexity index is 944. The number of halogens is 1. The van der Waals surface area contributed by atoms with Crippen LogP contribution in [0.2, 0.25) is 0 Å². The summed E-state index contributed by atoms with van der Waals surface area (Å²) in [5, 5.41) is 0. The Morgan fingerprint density at radius 3 is 2.27 bits per heavy atom. The lowest BCUT2D eigenvalue weighted by molar-refractivity contribution is -0.141. The largest absolute Gasteiger partial charge is 0.339 e. The molecule has 1 saturated heterocycles. The van der Waals surface area contributed by atoms with Crippen molar-refractivity contribution < 1.29 is 14.0 Å². The van der Waals surface area contributed by atoms with Crippen molar-refractivity contribution in [1.82, 2.24) is 9.80 Å². The fourth-order valence-electron chi connectivity index (χ4n) is 5.01. The molecule has 0 N–H and O–H groups in total. The summed E-state index contributed by atoms with van der Waals surface area (Å²) < 4.78 is 13.2. The van der Waals surface area contributed by atoms with E-state index in [0.29, 0.717) is 38.5 Å². The van der Waals surface area contributed by atoms with E-state index in [1.165, 1.54) is 25.0 Å². The number of carbonyl (C=O) groups is 2. The van der Waals surface area contributed by atoms with Crippen molar-refractivity contribution in [2.45, 2.75) is 51.0 Å². The Morgan fingerprint density at radius 1 is 0.939 bits per heavy atom. The third-order valence-corrected chi connectivity index (χ3v) is 6.98. The van der Waals surface area contributed by atoms with Gasteiger partial charge >= 0.3 is 0 Å². The van der Waals surface area contributed by atoms with Crippen LogP contribution in [0, 0.1) is 11.7 Å². The van der Waals surface area contributed by atoms with Crippen LogP contribution in [0.15, 0.2) is 60.7 Å². The molecule has 2 amide bonds. The maximum absolute atomic E-state index is 13.5. The molecule has 2 fully saturated rings. The second kappa shape index (κ2) is 11.3. The number of rotatable bonds is 7. The van der Waals surface area contributed by atoms with Gasteiger partial charge in [-0.3, -0.25) is 9.59 Å². The molecule has 174 valence electrons. The highest BCUT2D eigenvalue weighted by molar-refractivity contribution is 5.92. The van der Waals surface area contributed by atoms with Gasteiger partial charge < -0.3 is 9.80 Å². The molecule has 4 nitrogen and oxygen atoms in total. The maximum Gasteiger partial charge on any atom is 0.246 e. The molecule has 2 aromatic rings. The second-order valence-corrected chi connectivity index (χ2v) is 9.19. The molecule has 4 rings (SSSR count). The summed E-state index contributed by atoms with van der Waals surface area (Å²) in [4.78, 5) is 30.0. The number of hydrogen-bond acceptors (Lipinski definition) is 2. The van der Waals surface area contributed by atoms with Gasteiger partial charge in [0.2, 0.25) is 11.8 Å². The molecule has 1 aliphatic carbocycles. The minimum Gasteiger partial charge on any atom is -0.339 e. The Hall–Kier alpha value is -2.95. The van der Waals surface area contributed by atoms with Crippen LogP contribution in [0.25, 0.3) is 6.08 Å². The Labute approximate surface area is 196 Å². The summed E-state index contributed by atoms with van der Waals surface area (Å²) in [5.74, 6) is -0.0204. The molecule has 0 atom stereocenters. The third kappa shape index (κ3) is 6.31. The molecule has 33 heavy (non-hydrogen) atoms. The fourth-order valence-corrected chi connectivity index (χ4v) is 5.01. The Kier molecular flexibility index (Phi) is 7.92. The average molecular weight is 449 g/mol. The van der Waals surface area contributed by atoms with Gasteiger partial charge in [-0.15, -0.1) is 0 Å². The molecule has 0 spiro atoms. The van der Waals surface area contributed by atoms with E-state index >= 15 is 0 Å². The zero-order valence-corrected chi connectivity index (χ0v) is 19.2. The van der Waals surface area contributed by atoms with Gasteiger partial charge in [0.25, 0.3) is 0 Å². The lowest BCUT2D eigenvalue weighted by Crippen LogP contribution is -2.47. The van der Waals surface area contributed by atoms with Gasteiger partial charge in [-0.1, -0.05) is 55.3 Å². The van der Waals surface area contributed by atoms with E-state index in [2.05, 4.69) is 4.90 Å². The molecular formula is C28H33FN2O2. The first kappa shape index (κ1) is 23.2. The zero-order valence-electron chi connectivity index (χ0n) is 19.2. The summed E-state index contributed by atoms with van der Waals surface area (Å²) in [6.07, 6.45) is 10.1. The summed E-state index contributed by atoms with van der Waals surface area (Å²) in [7, 11) is 0. The Balaban J connectivity index is 1.32. The first-order chi connectivity index (χ1) is 16.1. The van der Waals surface area contributed by atoms with Gasteiger partial charge in [0.15, 0.2) is 0 Å². The summed E-state index contributed by atoms with van der Waals surface area (Å²) in [6.45, 7) is 1.91. The number of amides is 2. The molecule has 0 aromatic heterocycles. The Morgan fingerprint density at radius 2 is 1.61 bits per heavy atom. The topological polar surface area (TPSA) is 40.6 Å². The highest BCUT2D eigenvalue weighted by Gasteiger charge is 2.33. The van der Waals surface area contributed by atoms with Crippen molar-refractivity contribution in [2.75, 3.05) is 19.6 Å². The quantitative estimate of drug-likeness (QED) is 0.554. The predicted molar refractivity (Wildman–Crippen MR) is 129 cm³/mol. The number of piperidine rings is 1. The molecule has 0 unspecified atom stereocenters.